The summed E-state index contributed by atoms with van der Waals surface area (Å²) in [5, 5.41) is 0. The molecule has 0 bridgehead atoms. The number of allylic oxidation sites excluding steroid dienone is 10. The van der Waals surface area contributed by atoms with Crippen LogP contribution >= 0.6 is 0 Å². The molecule has 1 unspecified atom stereocenters. The van der Waals surface area contributed by atoms with Gasteiger partial charge in [-0.2, -0.15) is 0 Å². The Morgan fingerprint density at radius 3 is 0.957 bits per heavy atom. The topological polar surface area (TPSA) is 78.9 Å². The van der Waals surface area contributed by atoms with Crippen LogP contribution in [0.2, 0.25) is 0 Å². The second kappa shape index (κ2) is 58.7. The van der Waals surface area contributed by atoms with Crippen LogP contribution in [0, 0.1) is 0 Å². The van der Waals surface area contributed by atoms with E-state index < -0.39 is 6.10 Å². The zero-order chi connectivity index (χ0) is 50.7. The lowest BCUT2D eigenvalue weighted by Gasteiger charge is -2.18. The predicted molar refractivity (Wildman–Crippen MR) is 302 cm³/mol. The lowest BCUT2D eigenvalue weighted by atomic mass is 10.0. The van der Waals surface area contributed by atoms with Gasteiger partial charge < -0.3 is 14.2 Å². The number of ether oxygens (including phenoxy) is 3. The van der Waals surface area contributed by atoms with Gasteiger partial charge in [0.1, 0.15) is 13.2 Å². The van der Waals surface area contributed by atoms with Crippen molar-refractivity contribution in [3.05, 3.63) is 60.8 Å². The summed E-state index contributed by atoms with van der Waals surface area (Å²) >= 11 is 0. The quantitative estimate of drug-likeness (QED) is 0.0261. The molecule has 0 fully saturated rings. The molecular weight excluding hydrogens is 865 g/mol. The highest BCUT2D eigenvalue weighted by Crippen LogP contribution is 2.17. The lowest BCUT2D eigenvalue weighted by Crippen LogP contribution is -2.30. The van der Waals surface area contributed by atoms with E-state index in [0.29, 0.717) is 19.3 Å². The van der Waals surface area contributed by atoms with Crippen LogP contribution in [0.1, 0.15) is 310 Å². The van der Waals surface area contributed by atoms with Crippen LogP contribution in [-0.4, -0.2) is 37.2 Å². The van der Waals surface area contributed by atoms with Crippen LogP contribution in [0.5, 0.6) is 0 Å². The monoisotopic (exact) mass is 979 g/mol. The van der Waals surface area contributed by atoms with Gasteiger partial charge in [-0.3, -0.25) is 14.4 Å². The third kappa shape index (κ3) is 56.0. The first-order chi connectivity index (χ1) is 34.5. The number of rotatable bonds is 55. The first kappa shape index (κ1) is 67.1. The summed E-state index contributed by atoms with van der Waals surface area (Å²) in [6.45, 7) is 6.49. The summed E-state index contributed by atoms with van der Waals surface area (Å²) in [5.74, 6) is -0.977. The standard InChI is InChI=1S/C64H114O6/c1-4-7-10-13-16-19-22-25-27-29-30-31-32-33-34-35-37-39-42-45-48-51-54-57-63(66)69-60-61(59-68-62(65)56-53-50-47-44-41-38-24-21-18-15-12-9-6-3)70-64(67)58-55-52-49-46-43-40-36-28-26-23-20-17-14-11-8-5-2/h9,12,18,21,28,36,38,41,47,50,61H,4-8,10-11,13-17,19-20,22-27,29-35,37,39-40,42-46,48-49,51-60H2,1-3H3/b12-9-,21-18-,36-28-,41-38-,50-47-. The molecule has 1 atom stereocenters. The van der Waals surface area contributed by atoms with Crippen molar-refractivity contribution in [2.24, 2.45) is 0 Å². The molecule has 0 aliphatic carbocycles. The minimum atomic E-state index is -0.806. The summed E-state index contributed by atoms with van der Waals surface area (Å²) in [4.78, 5) is 38.1. The van der Waals surface area contributed by atoms with Gasteiger partial charge in [0.15, 0.2) is 6.10 Å². The normalized spacial score (nSPS) is 12.4. The summed E-state index contributed by atoms with van der Waals surface area (Å²) in [5.41, 5.74) is 0. The maximum absolute atomic E-state index is 12.9. The molecule has 0 spiro atoms. The summed E-state index contributed by atoms with van der Waals surface area (Å²) in [6.07, 6.45) is 73.9. The Morgan fingerprint density at radius 1 is 0.300 bits per heavy atom. The molecule has 0 radical (unpaired) electrons. The smallest absolute Gasteiger partial charge is 0.306 e. The van der Waals surface area contributed by atoms with Crippen molar-refractivity contribution >= 4 is 17.9 Å². The van der Waals surface area contributed by atoms with E-state index in [9.17, 15) is 14.4 Å². The third-order valence-electron chi connectivity index (χ3n) is 13.3. The number of unbranched alkanes of at least 4 members (excludes halogenated alkanes) is 34. The molecule has 0 aromatic heterocycles. The van der Waals surface area contributed by atoms with Crippen LogP contribution in [0.3, 0.4) is 0 Å². The Kier molecular flexibility index (Phi) is 56.3. The van der Waals surface area contributed by atoms with Crippen molar-refractivity contribution in [1.29, 1.82) is 0 Å². The molecule has 406 valence electrons. The van der Waals surface area contributed by atoms with Crippen molar-refractivity contribution in [1.82, 2.24) is 0 Å². The number of carbonyl (C=O) groups is 3. The fraction of sp³-hybridized carbons (Fsp3) is 0.797. The van der Waals surface area contributed by atoms with Crippen molar-refractivity contribution in [2.45, 2.75) is 316 Å². The van der Waals surface area contributed by atoms with E-state index in [1.54, 1.807) is 0 Å². The van der Waals surface area contributed by atoms with Crippen molar-refractivity contribution in [3.63, 3.8) is 0 Å². The number of hydrogen-bond donors (Lipinski definition) is 0. The Labute approximate surface area is 434 Å². The van der Waals surface area contributed by atoms with E-state index in [0.717, 1.165) is 77.0 Å². The summed E-state index contributed by atoms with van der Waals surface area (Å²) < 4.78 is 16.8. The molecule has 0 rings (SSSR count). The Bertz CT molecular complexity index is 1260. The van der Waals surface area contributed by atoms with Gasteiger partial charge in [-0.1, -0.05) is 281 Å². The van der Waals surface area contributed by atoms with E-state index in [4.69, 9.17) is 14.2 Å². The van der Waals surface area contributed by atoms with E-state index in [-0.39, 0.29) is 37.5 Å². The fourth-order valence-electron chi connectivity index (χ4n) is 8.75. The zero-order valence-electron chi connectivity index (χ0n) is 46.5. The SMILES string of the molecule is CC/C=C\C/C=C\C/C=C\C/C=C\CCC(=O)OCC(COC(=O)CCCCCCCCCCCCCCCCCCCCCCCCC)OC(=O)CCCCCCC/C=C\CCCCCCCCC. The highest BCUT2D eigenvalue weighted by molar-refractivity contribution is 5.71. The fourth-order valence-corrected chi connectivity index (χ4v) is 8.75. The largest absolute Gasteiger partial charge is 0.462 e. The molecule has 6 heteroatoms. The number of esters is 3. The Balaban J connectivity index is 4.32. The molecule has 70 heavy (non-hydrogen) atoms. The molecule has 0 amide bonds. The average Bonchev–Trinajstić information content (AvgIpc) is 3.36. The maximum Gasteiger partial charge on any atom is 0.306 e. The van der Waals surface area contributed by atoms with Crippen molar-refractivity contribution < 1.29 is 28.6 Å². The van der Waals surface area contributed by atoms with Crippen molar-refractivity contribution in [3.8, 4) is 0 Å². The zero-order valence-corrected chi connectivity index (χ0v) is 46.5. The molecule has 0 aromatic rings. The first-order valence-corrected chi connectivity index (χ1v) is 30.3. The minimum Gasteiger partial charge on any atom is -0.462 e. The average molecular weight is 980 g/mol. The van der Waals surface area contributed by atoms with E-state index in [1.807, 2.05) is 6.08 Å². The molecule has 0 saturated heterocycles. The Hall–Kier alpha value is -2.89. The van der Waals surface area contributed by atoms with Gasteiger partial charge in [0.25, 0.3) is 0 Å². The predicted octanol–water partition coefficient (Wildman–Crippen LogP) is 20.4. The van der Waals surface area contributed by atoms with Gasteiger partial charge in [0, 0.05) is 19.3 Å². The van der Waals surface area contributed by atoms with Crippen LogP contribution < -0.4 is 0 Å². The van der Waals surface area contributed by atoms with Gasteiger partial charge >= 0.3 is 17.9 Å². The van der Waals surface area contributed by atoms with E-state index >= 15 is 0 Å². The summed E-state index contributed by atoms with van der Waals surface area (Å²) in [7, 11) is 0. The van der Waals surface area contributed by atoms with Crippen LogP contribution in [0.15, 0.2) is 60.8 Å². The minimum absolute atomic E-state index is 0.0967. The molecule has 0 saturated carbocycles. The molecule has 0 aromatic carbocycles. The molecule has 0 N–H and O–H groups in total. The molecule has 0 heterocycles. The van der Waals surface area contributed by atoms with Crippen LogP contribution in [0.4, 0.5) is 0 Å². The van der Waals surface area contributed by atoms with E-state index in [1.165, 1.54) is 186 Å². The van der Waals surface area contributed by atoms with E-state index in [2.05, 4.69) is 75.5 Å². The first-order valence-electron chi connectivity index (χ1n) is 30.3. The van der Waals surface area contributed by atoms with Crippen LogP contribution in [0.25, 0.3) is 0 Å². The summed E-state index contributed by atoms with van der Waals surface area (Å²) in [6, 6.07) is 0. The molecule has 0 aliphatic rings. The highest BCUT2D eigenvalue weighted by atomic mass is 16.6. The van der Waals surface area contributed by atoms with Gasteiger partial charge in [-0.15, -0.1) is 0 Å². The third-order valence-corrected chi connectivity index (χ3v) is 13.3. The van der Waals surface area contributed by atoms with Gasteiger partial charge in [0.05, 0.1) is 0 Å². The van der Waals surface area contributed by atoms with Crippen LogP contribution in [-0.2, 0) is 28.6 Å². The lowest BCUT2D eigenvalue weighted by molar-refractivity contribution is -0.166. The number of hydrogen-bond acceptors (Lipinski definition) is 6. The maximum atomic E-state index is 12.9. The van der Waals surface area contributed by atoms with Crippen molar-refractivity contribution in [2.75, 3.05) is 13.2 Å². The Morgan fingerprint density at radius 2 is 0.586 bits per heavy atom. The van der Waals surface area contributed by atoms with Gasteiger partial charge in [0.2, 0.25) is 0 Å². The highest BCUT2D eigenvalue weighted by Gasteiger charge is 2.19. The second-order valence-electron chi connectivity index (χ2n) is 20.2. The molecule has 0 aliphatic heterocycles. The number of carbonyl (C=O) groups excluding carboxylic acids is 3. The second-order valence-corrected chi connectivity index (χ2v) is 20.2. The molecular formula is C64H114O6. The van der Waals surface area contributed by atoms with Gasteiger partial charge in [-0.05, 0) is 70.6 Å². The molecule has 6 nitrogen and oxygen atoms in total. The van der Waals surface area contributed by atoms with Gasteiger partial charge in [-0.25, -0.2) is 0 Å².